The van der Waals surface area contributed by atoms with E-state index in [1.807, 2.05) is 6.07 Å². The first kappa shape index (κ1) is 14.8. The summed E-state index contributed by atoms with van der Waals surface area (Å²) in [6, 6.07) is 6.06. The Labute approximate surface area is 134 Å². The predicted octanol–water partition coefficient (Wildman–Crippen LogP) is 1.48. The van der Waals surface area contributed by atoms with Crippen LogP contribution < -0.4 is 10.6 Å². The second-order valence-electron chi connectivity index (χ2n) is 5.21. The van der Waals surface area contributed by atoms with E-state index in [0.29, 0.717) is 12.5 Å². The number of nitrogens with two attached hydrogens (primary N) is 1. The van der Waals surface area contributed by atoms with E-state index in [1.54, 1.807) is 23.7 Å². The normalized spacial score (nSPS) is 16.1. The smallest absolute Gasteiger partial charge is 0.225 e. The van der Waals surface area contributed by atoms with Gasteiger partial charge in [-0.05, 0) is 25.1 Å². The second kappa shape index (κ2) is 6.74. The zero-order valence-corrected chi connectivity index (χ0v) is 13.5. The number of hydrogen-bond donors (Lipinski definition) is 1. The maximum Gasteiger partial charge on any atom is 0.225 e. The number of aryl methyl sites for hydroxylation is 1. The van der Waals surface area contributed by atoms with E-state index >= 15 is 0 Å². The number of thiophene rings is 1. The molecule has 1 fully saturated rings. The predicted molar refractivity (Wildman–Crippen MR) is 90.2 cm³/mol. The molecule has 0 bridgehead atoms. The van der Waals surface area contributed by atoms with E-state index in [-0.39, 0.29) is 0 Å². The number of guanidine groups is 1. The summed E-state index contributed by atoms with van der Waals surface area (Å²) in [6.45, 7) is 6.17. The summed E-state index contributed by atoms with van der Waals surface area (Å²) < 4.78 is 0. The van der Waals surface area contributed by atoms with Gasteiger partial charge < -0.3 is 15.5 Å². The van der Waals surface area contributed by atoms with Gasteiger partial charge in [-0.15, -0.1) is 11.3 Å². The number of piperazine rings is 1. The first-order valence-corrected chi connectivity index (χ1v) is 8.16. The lowest BCUT2D eigenvalue weighted by Gasteiger charge is -2.35. The van der Waals surface area contributed by atoms with Crippen molar-refractivity contribution in [1.29, 1.82) is 0 Å². The standard InChI is InChI=1S/C15H20N6S/c1-12-3-4-13(22-12)11-19-14(16)20-7-9-21(10-8-20)15-17-5-2-6-18-15/h2-6H,7-11H2,1H3,(H2,16,19). The zero-order chi connectivity index (χ0) is 15.4. The Balaban J connectivity index is 1.54. The molecule has 3 rings (SSSR count). The number of rotatable bonds is 3. The summed E-state index contributed by atoms with van der Waals surface area (Å²) in [4.78, 5) is 19.9. The lowest BCUT2D eigenvalue weighted by molar-refractivity contribution is 0.378. The molecule has 6 nitrogen and oxygen atoms in total. The molecule has 0 radical (unpaired) electrons. The third-order valence-electron chi connectivity index (χ3n) is 3.63. The van der Waals surface area contributed by atoms with Crippen molar-refractivity contribution < 1.29 is 0 Å². The van der Waals surface area contributed by atoms with Crippen molar-refractivity contribution in [3.63, 3.8) is 0 Å². The van der Waals surface area contributed by atoms with Crippen molar-refractivity contribution in [3.8, 4) is 0 Å². The van der Waals surface area contributed by atoms with Gasteiger partial charge in [0.15, 0.2) is 5.96 Å². The number of hydrogen-bond acceptors (Lipinski definition) is 5. The van der Waals surface area contributed by atoms with E-state index < -0.39 is 0 Å². The molecule has 2 aromatic rings. The summed E-state index contributed by atoms with van der Waals surface area (Å²) in [6.07, 6.45) is 3.54. The molecule has 0 aromatic carbocycles. The van der Waals surface area contributed by atoms with Crippen molar-refractivity contribution in [2.24, 2.45) is 10.7 Å². The summed E-state index contributed by atoms with van der Waals surface area (Å²) >= 11 is 1.77. The highest BCUT2D eigenvalue weighted by atomic mass is 32.1. The molecule has 0 spiro atoms. The largest absolute Gasteiger partial charge is 0.370 e. The number of nitrogens with zero attached hydrogens (tertiary/aromatic N) is 5. The SMILES string of the molecule is Cc1ccc(CN=C(N)N2CCN(c3ncccn3)CC2)s1. The highest BCUT2D eigenvalue weighted by Gasteiger charge is 2.19. The van der Waals surface area contributed by atoms with Crippen LogP contribution in [0.3, 0.4) is 0 Å². The van der Waals surface area contributed by atoms with Crippen molar-refractivity contribution >= 4 is 23.2 Å². The van der Waals surface area contributed by atoms with Crippen LogP contribution in [0.4, 0.5) is 5.95 Å². The lowest BCUT2D eigenvalue weighted by Crippen LogP contribution is -2.51. The molecule has 2 aromatic heterocycles. The molecule has 116 valence electrons. The maximum absolute atomic E-state index is 6.12. The maximum atomic E-state index is 6.12. The minimum atomic E-state index is 0.625. The first-order valence-electron chi connectivity index (χ1n) is 7.34. The van der Waals surface area contributed by atoms with Gasteiger partial charge in [0.25, 0.3) is 0 Å². The molecule has 0 aliphatic carbocycles. The minimum Gasteiger partial charge on any atom is -0.370 e. The molecule has 0 unspecified atom stereocenters. The van der Waals surface area contributed by atoms with E-state index in [0.717, 1.165) is 32.1 Å². The van der Waals surface area contributed by atoms with Crippen LogP contribution in [0.2, 0.25) is 0 Å². The molecular formula is C15H20N6S. The zero-order valence-electron chi connectivity index (χ0n) is 12.6. The van der Waals surface area contributed by atoms with E-state index in [2.05, 4.69) is 43.8 Å². The molecule has 0 amide bonds. The molecule has 2 N–H and O–H groups in total. The third kappa shape index (κ3) is 3.54. The highest BCUT2D eigenvalue weighted by Crippen LogP contribution is 2.16. The molecule has 3 heterocycles. The summed E-state index contributed by atoms with van der Waals surface area (Å²) in [7, 11) is 0. The monoisotopic (exact) mass is 316 g/mol. The summed E-state index contributed by atoms with van der Waals surface area (Å²) in [5.41, 5.74) is 6.12. The van der Waals surface area contributed by atoms with Gasteiger partial charge in [0.1, 0.15) is 0 Å². The fourth-order valence-electron chi connectivity index (χ4n) is 2.42. The molecule has 0 atom stereocenters. The van der Waals surface area contributed by atoms with Crippen molar-refractivity contribution in [2.75, 3.05) is 31.1 Å². The van der Waals surface area contributed by atoms with Gasteiger partial charge in [-0.1, -0.05) is 0 Å². The average Bonchev–Trinajstić information content (AvgIpc) is 2.99. The second-order valence-corrected chi connectivity index (χ2v) is 6.58. The summed E-state index contributed by atoms with van der Waals surface area (Å²) in [5.74, 6) is 1.41. The average molecular weight is 316 g/mol. The Morgan fingerprint density at radius 2 is 1.95 bits per heavy atom. The van der Waals surface area contributed by atoms with Gasteiger partial charge in [0.2, 0.25) is 5.95 Å². The van der Waals surface area contributed by atoms with Gasteiger partial charge >= 0.3 is 0 Å². The van der Waals surface area contributed by atoms with Crippen molar-refractivity contribution in [2.45, 2.75) is 13.5 Å². The topological polar surface area (TPSA) is 70.6 Å². The van der Waals surface area contributed by atoms with Gasteiger partial charge in [-0.25, -0.2) is 15.0 Å². The van der Waals surface area contributed by atoms with E-state index in [4.69, 9.17) is 5.73 Å². The Bertz CT molecular complexity index is 630. The van der Waals surface area contributed by atoms with Crippen LogP contribution in [0.1, 0.15) is 9.75 Å². The molecule has 22 heavy (non-hydrogen) atoms. The number of aliphatic imine (C=N–C) groups is 1. The van der Waals surface area contributed by atoms with Crippen LogP contribution in [0.5, 0.6) is 0 Å². The number of aromatic nitrogens is 2. The van der Waals surface area contributed by atoms with E-state index in [1.165, 1.54) is 9.75 Å². The Morgan fingerprint density at radius 3 is 2.59 bits per heavy atom. The molecule has 7 heteroatoms. The van der Waals surface area contributed by atoms with Gasteiger partial charge in [-0.2, -0.15) is 0 Å². The van der Waals surface area contributed by atoms with Crippen molar-refractivity contribution in [1.82, 2.24) is 14.9 Å². The Morgan fingerprint density at radius 1 is 1.23 bits per heavy atom. The highest BCUT2D eigenvalue weighted by molar-refractivity contribution is 7.11. The summed E-state index contributed by atoms with van der Waals surface area (Å²) in [5, 5.41) is 0. The lowest BCUT2D eigenvalue weighted by atomic mass is 10.3. The fourth-order valence-corrected chi connectivity index (χ4v) is 3.23. The van der Waals surface area contributed by atoms with Gasteiger partial charge in [-0.3, -0.25) is 0 Å². The molecule has 1 saturated heterocycles. The van der Waals surface area contributed by atoms with Crippen LogP contribution in [0.15, 0.2) is 35.6 Å². The third-order valence-corrected chi connectivity index (χ3v) is 4.62. The van der Waals surface area contributed by atoms with Crippen LogP contribution >= 0.6 is 11.3 Å². The molecule has 0 saturated carbocycles. The van der Waals surface area contributed by atoms with Crippen LogP contribution in [-0.4, -0.2) is 47.0 Å². The first-order chi connectivity index (χ1) is 10.7. The Hall–Kier alpha value is -2.15. The van der Waals surface area contributed by atoms with Crippen LogP contribution in [0.25, 0.3) is 0 Å². The van der Waals surface area contributed by atoms with E-state index in [9.17, 15) is 0 Å². The van der Waals surface area contributed by atoms with Crippen LogP contribution in [-0.2, 0) is 6.54 Å². The Kier molecular flexibility index (Phi) is 4.53. The van der Waals surface area contributed by atoms with Crippen LogP contribution in [0, 0.1) is 6.92 Å². The molecular weight excluding hydrogens is 296 g/mol. The minimum absolute atomic E-state index is 0.625. The molecule has 1 aliphatic rings. The quantitative estimate of drug-likeness (QED) is 0.686. The van der Waals surface area contributed by atoms with Gasteiger partial charge in [0.05, 0.1) is 6.54 Å². The molecule has 1 aliphatic heterocycles. The number of anilines is 1. The van der Waals surface area contributed by atoms with Gasteiger partial charge in [0, 0.05) is 48.3 Å². The fraction of sp³-hybridized carbons (Fsp3) is 0.400. The van der Waals surface area contributed by atoms with Crippen molar-refractivity contribution in [3.05, 3.63) is 40.3 Å².